The highest BCUT2D eigenvalue weighted by atomic mass is 31.2. The third-order valence-electron chi connectivity index (χ3n) is 3.09. The Morgan fingerprint density at radius 1 is 1.09 bits per heavy atom. The smallest absolute Gasteiger partial charge is 0.462 e. The summed E-state index contributed by atoms with van der Waals surface area (Å²) in [4.78, 5) is 39.0. The highest BCUT2D eigenvalue weighted by molar-refractivity contribution is 7.46. The van der Waals surface area contributed by atoms with Crippen LogP contribution in [0.25, 0.3) is 0 Å². The molecule has 0 aromatic carbocycles. The van der Waals surface area contributed by atoms with E-state index in [1.165, 1.54) is 19.3 Å². The van der Waals surface area contributed by atoms with Gasteiger partial charge in [0.2, 0.25) is 0 Å². The van der Waals surface area contributed by atoms with Gasteiger partial charge in [-0.25, -0.2) is 4.57 Å². The second kappa shape index (κ2) is 13.5. The summed E-state index contributed by atoms with van der Waals surface area (Å²) < 4.78 is 24.2. The van der Waals surface area contributed by atoms with E-state index in [0.717, 1.165) is 25.7 Å². The van der Waals surface area contributed by atoms with Crippen LogP contribution in [0, 0.1) is 0 Å². The molecule has 0 aliphatic carbocycles. The first kappa shape index (κ1) is 22.1. The summed E-state index contributed by atoms with van der Waals surface area (Å²) in [6.07, 6.45) is 6.79. The van der Waals surface area contributed by atoms with Crippen LogP contribution in [0.2, 0.25) is 0 Å². The van der Waals surface area contributed by atoms with Crippen molar-refractivity contribution in [3.8, 4) is 0 Å². The van der Waals surface area contributed by atoms with Crippen LogP contribution in [0.1, 0.15) is 58.3 Å². The molecular formula is C14H27O8P. The molecule has 9 heteroatoms. The Morgan fingerprint density at radius 3 is 2.26 bits per heavy atom. The van der Waals surface area contributed by atoms with Gasteiger partial charge in [-0.1, -0.05) is 45.4 Å². The maximum Gasteiger partial charge on any atom is 0.469 e. The molecule has 0 radical (unpaired) electrons. The summed E-state index contributed by atoms with van der Waals surface area (Å²) in [6.45, 7) is 1.42. The Hall–Kier alpha value is -0.950. The fourth-order valence-corrected chi connectivity index (χ4v) is 2.23. The molecule has 8 nitrogen and oxygen atoms in total. The second-order valence-corrected chi connectivity index (χ2v) is 6.43. The van der Waals surface area contributed by atoms with Crippen molar-refractivity contribution in [1.82, 2.24) is 0 Å². The summed E-state index contributed by atoms with van der Waals surface area (Å²) in [6, 6.07) is 0. The first-order valence-electron chi connectivity index (χ1n) is 7.84. The molecule has 0 amide bonds. The first-order chi connectivity index (χ1) is 10.9. The molecule has 0 aliphatic heterocycles. The molecule has 0 heterocycles. The van der Waals surface area contributed by atoms with Crippen LogP contribution in [0.3, 0.4) is 0 Å². The van der Waals surface area contributed by atoms with E-state index in [-0.39, 0.29) is 19.5 Å². The quantitative estimate of drug-likeness (QED) is 0.199. The van der Waals surface area contributed by atoms with Gasteiger partial charge in [0.1, 0.15) is 6.61 Å². The van der Waals surface area contributed by atoms with E-state index in [4.69, 9.17) is 14.5 Å². The van der Waals surface area contributed by atoms with Gasteiger partial charge in [-0.05, 0) is 6.42 Å². The molecule has 0 rings (SSSR count). The van der Waals surface area contributed by atoms with Crippen LogP contribution in [-0.2, 0) is 28.2 Å². The highest BCUT2D eigenvalue weighted by Crippen LogP contribution is 2.35. The van der Waals surface area contributed by atoms with Crippen LogP contribution < -0.4 is 0 Å². The predicted molar refractivity (Wildman–Crippen MR) is 82.5 cm³/mol. The van der Waals surface area contributed by atoms with Crippen molar-refractivity contribution >= 4 is 20.3 Å². The summed E-state index contributed by atoms with van der Waals surface area (Å²) in [7, 11) is -4.66. The molecule has 0 spiro atoms. The van der Waals surface area contributed by atoms with Gasteiger partial charge >= 0.3 is 13.8 Å². The number of esters is 1. The Balaban J connectivity index is 3.77. The normalized spacial score (nSPS) is 12.7. The van der Waals surface area contributed by atoms with Gasteiger partial charge < -0.3 is 19.3 Å². The van der Waals surface area contributed by atoms with Crippen LogP contribution in [-0.4, -0.2) is 41.5 Å². The van der Waals surface area contributed by atoms with Crippen LogP contribution in [0.5, 0.6) is 0 Å². The highest BCUT2D eigenvalue weighted by Gasteiger charge is 2.20. The Labute approximate surface area is 136 Å². The number of phosphoric ester groups is 1. The van der Waals surface area contributed by atoms with Crippen molar-refractivity contribution in [1.29, 1.82) is 0 Å². The van der Waals surface area contributed by atoms with Gasteiger partial charge in [0.25, 0.3) is 6.47 Å². The largest absolute Gasteiger partial charge is 0.469 e. The topological polar surface area (TPSA) is 119 Å². The fourth-order valence-electron chi connectivity index (χ4n) is 1.87. The number of ether oxygens (including phenoxy) is 2. The maximum atomic E-state index is 11.5. The van der Waals surface area contributed by atoms with Crippen molar-refractivity contribution in [2.45, 2.75) is 64.4 Å². The molecule has 1 atom stereocenters. The van der Waals surface area contributed by atoms with Gasteiger partial charge in [0.05, 0.1) is 6.61 Å². The number of phosphoric acid groups is 1. The number of rotatable bonds is 15. The van der Waals surface area contributed by atoms with Crippen molar-refractivity contribution in [3.63, 3.8) is 0 Å². The molecule has 0 aromatic rings. The summed E-state index contributed by atoms with van der Waals surface area (Å²) >= 11 is 0. The molecule has 0 unspecified atom stereocenters. The Kier molecular flexibility index (Phi) is 12.9. The average Bonchev–Trinajstić information content (AvgIpc) is 2.48. The molecule has 0 aromatic heterocycles. The number of carbonyl (C=O) groups is 2. The molecule has 0 bridgehead atoms. The zero-order valence-corrected chi connectivity index (χ0v) is 14.4. The van der Waals surface area contributed by atoms with E-state index in [1.807, 2.05) is 0 Å². The van der Waals surface area contributed by atoms with Gasteiger partial charge in [0.15, 0.2) is 6.10 Å². The van der Waals surface area contributed by atoms with E-state index in [1.54, 1.807) is 0 Å². The Bertz CT molecular complexity index is 368. The van der Waals surface area contributed by atoms with E-state index < -0.39 is 26.5 Å². The van der Waals surface area contributed by atoms with Gasteiger partial charge in [0, 0.05) is 6.42 Å². The van der Waals surface area contributed by atoms with E-state index in [2.05, 4.69) is 16.2 Å². The lowest BCUT2D eigenvalue weighted by molar-refractivity contribution is -0.153. The fraction of sp³-hybridized carbons (Fsp3) is 0.857. The van der Waals surface area contributed by atoms with Gasteiger partial charge in [-0.2, -0.15) is 0 Å². The second-order valence-electron chi connectivity index (χ2n) is 5.19. The van der Waals surface area contributed by atoms with Gasteiger partial charge in [-0.3, -0.25) is 14.1 Å². The lowest BCUT2D eigenvalue weighted by atomic mass is 10.1. The summed E-state index contributed by atoms with van der Waals surface area (Å²) in [5.41, 5.74) is 0. The predicted octanol–water partition coefficient (Wildman–Crippen LogP) is 2.32. The van der Waals surface area contributed by atoms with Crippen molar-refractivity contribution in [3.05, 3.63) is 0 Å². The summed E-state index contributed by atoms with van der Waals surface area (Å²) in [5.74, 6) is -0.436. The van der Waals surface area contributed by atoms with Crippen molar-refractivity contribution in [2.75, 3.05) is 13.2 Å². The molecule has 0 aliphatic rings. The minimum atomic E-state index is -4.66. The third-order valence-corrected chi connectivity index (χ3v) is 3.58. The number of hydrogen-bond donors (Lipinski definition) is 2. The third kappa shape index (κ3) is 15.7. The standard InChI is InChI=1S/C14H27O8P/c1-2-3-4-5-6-7-8-9-14(16)20-10-13(21-12-15)11-22-23(17,18)19/h12-13H,2-11H2,1H3,(H2,17,18,19)/t13-/m1/s1. The zero-order valence-electron chi connectivity index (χ0n) is 13.5. The van der Waals surface area contributed by atoms with Crippen LogP contribution in [0.15, 0.2) is 0 Å². The zero-order chi connectivity index (χ0) is 17.6. The molecule has 136 valence electrons. The van der Waals surface area contributed by atoms with E-state index in [9.17, 15) is 14.2 Å². The summed E-state index contributed by atoms with van der Waals surface area (Å²) in [5, 5.41) is 0. The van der Waals surface area contributed by atoms with Crippen molar-refractivity contribution in [2.24, 2.45) is 0 Å². The maximum absolute atomic E-state index is 11.5. The SMILES string of the molecule is CCCCCCCCCC(=O)OC[C@H](COP(=O)(O)O)OC=O. The lowest BCUT2D eigenvalue weighted by Gasteiger charge is -2.15. The number of carbonyl (C=O) groups excluding carboxylic acids is 2. The van der Waals surface area contributed by atoms with Crippen LogP contribution >= 0.6 is 7.82 Å². The van der Waals surface area contributed by atoms with E-state index in [0.29, 0.717) is 0 Å². The molecule has 0 fully saturated rings. The van der Waals surface area contributed by atoms with Crippen molar-refractivity contribution < 1.29 is 37.9 Å². The first-order valence-corrected chi connectivity index (χ1v) is 9.37. The lowest BCUT2D eigenvalue weighted by Crippen LogP contribution is -2.26. The minimum absolute atomic E-state index is 0.109. The molecule has 23 heavy (non-hydrogen) atoms. The monoisotopic (exact) mass is 354 g/mol. The average molecular weight is 354 g/mol. The minimum Gasteiger partial charge on any atom is -0.462 e. The van der Waals surface area contributed by atoms with E-state index >= 15 is 0 Å². The van der Waals surface area contributed by atoms with Crippen LogP contribution in [0.4, 0.5) is 0 Å². The molecule has 0 saturated carbocycles. The number of hydrogen-bond acceptors (Lipinski definition) is 6. The molecule has 2 N–H and O–H groups in total. The molecule has 0 saturated heterocycles. The molecular weight excluding hydrogens is 327 g/mol. The Morgan fingerprint density at radius 2 is 1.70 bits per heavy atom. The van der Waals surface area contributed by atoms with Gasteiger partial charge in [-0.15, -0.1) is 0 Å². The number of unbranched alkanes of at least 4 members (excludes halogenated alkanes) is 6.